The van der Waals surface area contributed by atoms with Crippen molar-refractivity contribution in [3.05, 3.63) is 22.2 Å². The first-order valence-electron chi connectivity index (χ1n) is 7.11. The number of piperidine rings is 1. The van der Waals surface area contributed by atoms with Crippen LogP contribution in [0.25, 0.3) is 0 Å². The minimum atomic E-state index is -0.735. The van der Waals surface area contributed by atoms with Gasteiger partial charge in [-0.3, -0.25) is 4.79 Å². The normalized spacial score (nSPS) is 18.6. The highest BCUT2D eigenvalue weighted by atomic mass is 19.1. The molecule has 1 fully saturated rings. The Hall–Kier alpha value is -1.43. The Labute approximate surface area is 118 Å². The molecular formula is C14H23FN4O. The maximum Gasteiger partial charge on any atom is 0.291 e. The molecule has 0 aromatic carbocycles. The minimum absolute atomic E-state index is 0.173. The lowest BCUT2D eigenvalue weighted by Crippen LogP contribution is -2.53. The summed E-state index contributed by atoms with van der Waals surface area (Å²) < 4.78 is 12.8. The lowest BCUT2D eigenvalue weighted by Gasteiger charge is -2.37. The number of H-pyrrole nitrogens is 1. The van der Waals surface area contributed by atoms with Gasteiger partial charge >= 0.3 is 0 Å². The number of aromatic nitrogens is 2. The number of anilines is 1. The standard InChI is InChI=1S/C14H23FN4O/c1-10(2)7-11-8-17-12(13(20)18-11)19-5-3-14(16,9-15)4-6-19/h8,10H,3-7,9,16H2,1-2H3,(H,18,20). The van der Waals surface area contributed by atoms with Crippen LogP contribution in [0.3, 0.4) is 0 Å². The number of alkyl halides is 1. The van der Waals surface area contributed by atoms with Gasteiger partial charge < -0.3 is 15.6 Å². The van der Waals surface area contributed by atoms with Crippen LogP contribution in [-0.4, -0.2) is 35.3 Å². The molecular weight excluding hydrogens is 259 g/mol. The average molecular weight is 282 g/mol. The number of nitrogens with two attached hydrogens (primary N) is 1. The Bertz CT molecular complexity index is 506. The van der Waals surface area contributed by atoms with Crippen molar-refractivity contribution in [1.29, 1.82) is 0 Å². The molecule has 5 nitrogen and oxygen atoms in total. The second-order valence-corrected chi connectivity index (χ2v) is 6.14. The van der Waals surface area contributed by atoms with Gasteiger partial charge in [0.25, 0.3) is 5.56 Å². The lowest BCUT2D eigenvalue weighted by molar-refractivity contribution is 0.254. The molecule has 0 saturated carbocycles. The van der Waals surface area contributed by atoms with Crippen molar-refractivity contribution in [2.45, 2.75) is 38.6 Å². The summed E-state index contributed by atoms with van der Waals surface area (Å²) in [5, 5.41) is 0. The molecule has 0 spiro atoms. The average Bonchev–Trinajstić information content (AvgIpc) is 2.40. The summed E-state index contributed by atoms with van der Waals surface area (Å²) in [6, 6.07) is 0. The zero-order valence-corrected chi connectivity index (χ0v) is 12.2. The molecule has 0 aliphatic carbocycles. The molecule has 2 heterocycles. The Morgan fingerprint density at radius 3 is 2.65 bits per heavy atom. The van der Waals surface area contributed by atoms with E-state index in [0.29, 0.717) is 37.7 Å². The topological polar surface area (TPSA) is 75.0 Å². The third kappa shape index (κ3) is 3.36. The first-order valence-corrected chi connectivity index (χ1v) is 7.11. The van der Waals surface area contributed by atoms with E-state index in [1.165, 1.54) is 0 Å². The van der Waals surface area contributed by atoms with E-state index in [4.69, 9.17) is 5.73 Å². The first kappa shape index (κ1) is 15.0. The first-order chi connectivity index (χ1) is 9.43. The van der Waals surface area contributed by atoms with Crippen molar-refractivity contribution >= 4 is 5.82 Å². The summed E-state index contributed by atoms with van der Waals surface area (Å²) in [6.45, 7) is 4.81. The predicted molar refractivity (Wildman–Crippen MR) is 77.7 cm³/mol. The largest absolute Gasteiger partial charge is 0.352 e. The summed E-state index contributed by atoms with van der Waals surface area (Å²) in [4.78, 5) is 21.1. The monoisotopic (exact) mass is 282 g/mol. The summed E-state index contributed by atoms with van der Waals surface area (Å²) in [6.07, 6.45) is 3.60. The van der Waals surface area contributed by atoms with Crippen LogP contribution < -0.4 is 16.2 Å². The molecule has 112 valence electrons. The fourth-order valence-corrected chi connectivity index (χ4v) is 2.50. The molecule has 20 heavy (non-hydrogen) atoms. The van der Waals surface area contributed by atoms with E-state index in [1.54, 1.807) is 6.20 Å². The van der Waals surface area contributed by atoms with Gasteiger partial charge in [-0.25, -0.2) is 9.37 Å². The van der Waals surface area contributed by atoms with Gasteiger partial charge in [0.1, 0.15) is 6.67 Å². The minimum Gasteiger partial charge on any atom is -0.352 e. The van der Waals surface area contributed by atoms with Crippen molar-refractivity contribution < 1.29 is 4.39 Å². The van der Waals surface area contributed by atoms with Crippen LogP contribution in [0.4, 0.5) is 10.2 Å². The van der Waals surface area contributed by atoms with Crippen molar-refractivity contribution in [2.75, 3.05) is 24.7 Å². The van der Waals surface area contributed by atoms with E-state index in [2.05, 4.69) is 23.8 Å². The second kappa shape index (κ2) is 5.91. The molecule has 2 rings (SSSR count). The van der Waals surface area contributed by atoms with Crippen molar-refractivity contribution in [3.8, 4) is 0 Å². The zero-order valence-electron chi connectivity index (χ0n) is 12.2. The maximum absolute atomic E-state index is 12.8. The van der Waals surface area contributed by atoms with E-state index in [1.807, 2.05) is 4.90 Å². The van der Waals surface area contributed by atoms with Gasteiger partial charge in [-0.2, -0.15) is 0 Å². The van der Waals surface area contributed by atoms with Crippen LogP contribution >= 0.6 is 0 Å². The highest BCUT2D eigenvalue weighted by molar-refractivity contribution is 5.37. The summed E-state index contributed by atoms with van der Waals surface area (Å²) in [7, 11) is 0. The second-order valence-electron chi connectivity index (χ2n) is 6.14. The molecule has 1 aromatic heterocycles. The van der Waals surface area contributed by atoms with Gasteiger partial charge in [0.15, 0.2) is 5.82 Å². The number of nitrogens with zero attached hydrogens (tertiary/aromatic N) is 2. The summed E-state index contributed by atoms with van der Waals surface area (Å²) in [5.74, 6) is 0.883. The number of halogens is 1. The van der Waals surface area contributed by atoms with Crippen LogP contribution in [0, 0.1) is 5.92 Å². The molecule has 1 aliphatic heterocycles. The molecule has 1 aromatic rings. The van der Waals surface area contributed by atoms with E-state index in [-0.39, 0.29) is 5.56 Å². The molecule has 0 amide bonds. The van der Waals surface area contributed by atoms with Gasteiger partial charge in [0, 0.05) is 30.5 Å². The van der Waals surface area contributed by atoms with Crippen LogP contribution in [0.1, 0.15) is 32.4 Å². The summed E-state index contributed by atoms with van der Waals surface area (Å²) in [5.41, 5.74) is 5.85. The van der Waals surface area contributed by atoms with Crippen LogP contribution in [0.2, 0.25) is 0 Å². The number of hydrogen-bond acceptors (Lipinski definition) is 4. The van der Waals surface area contributed by atoms with Crippen LogP contribution in [-0.2, 0) is 6.42 Å². The fraction of sp³-hybridized carbons (Fsp3) is 0.714. The SMILES string of the molecule is CC(C)Cc1cnc(N2CCC(N)(CF)CC2)c(=O)[nH]1. The van der Waals surface area contributed by atoms with E-state index < -0.39 is 12.2 Å². The Morgan fingerprint density at radius 2 is 2.15 bits per heavy atom. The Balaban J connectivity index is 2.09. The van der Waals surface area contributed by atoms with Crippen molar-refractivity contribution in [2.24, 2.45) is 11.7 Å². The van der Waals surface area contributed by atoms with E-state index in [9.17, 15) is 9.18 Å². The maximum atomic E-state index is 12.8. The third-order valence-corrected chi connectivity index (χ3v) is 3.77. The molecule has 0 atom stereocenters. The molecule has 1 aliphatic rings. The van der Waals surface area contributed by atoms with Gasteiger partial charge in [0.2, 0.25) is 0 Å². The summed E-state index contributed by atoms with van der Waals surface area (Å²) >= 11 is 0. The van der Waals surface area contributed by atoms with Gasteiger partial charge in [-0.1, -0.05) is 13.8 Å². The lowest BCUT2D eigenvalue weighted by atomic mass is 9.90. The molecule has 3 N–H and O–H groups in total. The van der Waals surface area contributed by atoms with E-state index >= 15 is 0 Å². The molecule has 0 radical (unpaired) electrons. The highest BCUT2D eigenvalue weighted by Crippen LogP contribution is 2.22. The van der Waals surface area contributed by atoms with E-state index in [0.717, 1.165) is 12.1 Å². The fourth-order valence-electron chi connectivity index (χ4n) is 2.50. The highest BCUT2D eigenvalue weighted by Gasteiger charge is 2.31. The van der Waals surface area contributed by atoms with Gasteiger partial charge in [-0.05, 0) is 25.2 Å². The molecule has 1 saturated heterocycles. The number of aromatic amines is 1. The molecule has 0 unspecified atom stereocenters. The number of hydrogen-bond donors (Lipinski definition) is 2. The predicted octanol–water partition coefficient (Wildman–Crippen LogP) is 1.24. The quantitative estimate of drug-likeness (QED) is 0.871. The smallest absolute Gasteiger partial charge is 0.291 e. The van der Waals surface area contributed by atoms with Crippen LogP contribution in [0.15, 0.2) is 11.0 Å². The van der Waals surface area contributed by atoms with Crippen molar-refractivity contribution in [1.82, 2.24) is 9.97 Å². The Kier molecular flexibility index (Phi) is 4.42. The molecule has 0 bridgehead atoms. The van der Waals surface area contributed by atoms with Crippen LogP contribution in [0.5, 0.6) is 0 Å². The van der Waals surface area contributed by atoms with Crippen molar-refractivity contribution in [3.63, 3.8) is 0 Å². The number of rotatable bonds is 4. The number of nitrogens with one attached hydrogen (secondary N) is 1. The van der Waals surface area contributed by atoms with Gasteiger partial charge in [0.05, 0.1) is 0 Å². The Morgan fingerprint density at radius 1 is 1.50 bits per heavy atom. The molecule has 6 heteroatoms. The van der Waals surface area contributed by atoms with Gasteiger partial charge in [-0.15, -0.1) is 0 Å². The third-order valence-electron chi connectivity index (χ3n) is 3.77. The zero-order chi connectivity index (χ0) is 14.8.